The number of fused-ring (bicyclic) bond motifs is 3. The van der Waals surface area contributed by atoms with Gasteiger partial charge in [-0.25, -0.2) is 0 Å². The van der Waals surface area contributed by atoms with E-state index >= 15 is 0 Å². The molecule has 1 aromatic heterocycles. The normalized spacial score (nSPS) is 19.9. The van der Waals surface area contributed by atoms with Gasteiger partial charge in [0.1, 0.15) is 0 Å². The summed E-state index contributed by atoms with van der Waals surface area (Å²) >= 11 is 1.51. The Kier molecular flexibility index (Phi) is 4.96. The first-order valence-electron chi connectivity index (χ1n) is 9.34. The van der Waals surface area contributed by atoms with Crippen LogP contribution >= 0.6 is 11.3 Å². The van der Waals surface area contributed by atoms with Gasteiger partial charge in [0.2, 0.25) is 0 Å². The van der Waals surface area contributed by atoms with Gasteiger partial charge in [0.15, 0.2) is 0 Å². The zero-order valence-corrected chi connectivity index (χ0v) is 15.9. The minimum atomic E-state index is 0.00456. The summed E-state index contributed by atoms with van der Waals surface area (Å²) in [5.74, 6) is 0.0350. The van der Waals surface area contributed by atoms with Crippen LogP contribution in [0.1, 0.15) is 51.3 Å². The fourth-order valence-electron chi connectivity index (χ4n) is 3.79. The van der Waals surface area contributed by atoms with Gasteiger partial charge in [-0.1, -0.05) is 0 Å². The molecule has 1 unspecified atom stereocenters. The average Bonchev–Trinajstić information content (AvgIpc) is 3.06. The van der Waals surface area contributed by atoms with Crippen molar-refractivity contribution in [3.05, 3.63) is 34.2 Å². The first kappa shape index (κ1) is 17.5. The van der Waals surface area contributed by atoms with E-state index in [1.165, 1.54) is 17.8 Å². The van der Waals surface area contributed by atoms with Gasteiger partial charge in [-0.3, -0.25) is 9.59 Å². The Balaban J connectivity index is 1.50. The molecule has 1 atom stereocenters. The van der Waals surface area contributed by atoms with E-state index in [1.807, 2.05) is 25.2 Å². The van der Waals surface area contributed by atoms with Crippen LogP contribution in [0.15, 0.2) is 18.2 Å². The average molecular weight is 372 g/mol. The molecule has 2 aliphatic rings. The molecule has 1 aromatic carbocycles. The van der Waals surface area contributed by atoms with E-state index in [4.69, 9.17) is 4.74 Å². The molecule has 5 nitrogen and oxygen atoms in total. The van der Waals surface area contributed by atoms with Gasteiger partial charge in [0, 0.05) is 37.0 Å². The van der Waals surface area contributed by atoms with E-state index in [0.29, 0.717) is 18.7 Å². The molecule has 6 heteroatoms. The number of amides is 2. The lowest BCUT2D eigenvalue weighted by molar-refractivity contribution is 0.00709. The van der Waals surface area contributed by atoms with Crippen molar-refractivity contribution in [2.75, 3.05) is 26.7 Å². The highest BCUT2D eigenvalue weighted by molar-refractivity contribution is 7.21. The van der Waals surface area contributed by atoms with Crippen LogP contribution in [-0.2, 0) is 11.2 Å². The Morgan fingerprint density at radius 2 is 2.27 bits per heavy atom. The molecule has 1 N–H and O–H groups in total. The highest BCUT2D eigenvalue weighted by Crippen LogP contribution is 2.34. The molecule has 138 valence electrons. The summed E-state index contributed by atoms with van der Waals surface area (Å²) < 4.78 is 6.83. The van der Waals surface area contributed by atoms with Crippen molar-refractivity contribution in [3.8, 4) is 0 Å². The van der Waals surface area contributed by atoms with Crippen molar-refractivity contribution >= 4 is 33.2 Å². The van der Waals surface area contributed by atoms with E-state index in [0.717, 1.165) is 52.8 Å². The predicted molar refractivity (Wildman–Crippen MR) is 103 cm³/mol. The third-order valence-corrected chi connectivity index (χ3v) is 6.52. The summed E-state index contributed by atoms with van der Waals surface area (Å²) in [6, 6.07) is 5.80. The monoisotopic (exact) mass is 372 g/mol. The molecule has 2 amide bonds. The maximum Gasteiger partial charge on any atom is 0.261 e. The van der Waals surface area contributed by atoms with E-state index in [-0.39, 0.29) is 17.9 Å². The van der Waals surface area contributed by atoms with Gasteiger partial charge in [0.25, 0.3) is 11.8 Å². The van der Waals surface area contributed by atoms with Gasteiger partial charge in [-0.15, -0.1) is 11.3 Å². The molecule has 2 aliphatic heterocycles. The Morgan fingerprint density at radius 1 is 1.38 bits per heavy atom. The maximum absolute atomic E-state index is 12.8. The number of carbonyl (C=O) groups excluding carboxylic acids is 2. The molecule has 26 heavy (non-hydrogen) atoms. The summed E-state index contributed by atoms with van der Waals surface area (Å²) in [7, 11) is 1.85. The third kappa shape index (κ3) is 3.35. The minimum absolute atomic E-state index is 0.00456. The van der Waals surface area contributed by atoms with Crippen molar-refractivity contribution < 1.29 is 14.3 Å². The number of hydrogen-bond acceptors (Lipinski definition) is 4. The maximum atomic E-state index is 12.8. The van der Waals surface area contributed by atoms with Crippen LogP contribution in [0.25, 0.3) is 10.1 Å². The van der Waals surface area contributed by atoms with Gasteiger partial charge in [0.05, 0.1) is 11.0 Å². The van der Waals surface area contributed by atoms with Crippen molar-refractivity contribution in [2.45, 2.75) is 38.2 Å². The second kappa shape index (κ2) is 7.37. The third-order valence-electron chi connectivity index (χ3n) is 5.31. The molecule has 0 saturated carbocycles. The van der Waals surface area contributed by atoms with Crippen LogP contribution < -0.4 is 5.32 Å². The Morgan fingerprint density at radius 3 is 3.08 bits per heavy atom. The topological polar surface area (TPSA) is 58.6 Å². The molecule has 1 fully saturated rings. The van der Waals surface area contributed by atoms with E-state index in [2.05, 4.69) is 5.32 Å². The lowest BCUT2D eigenvalue weighted by Crippen LogP contribution is -2.31. The summed E-state index contributed by atoms with van der Waals surface area (Å²) in [5, 5.41) is 3.94. The number of nitrogens with zero attached hydrogens (tertiary/aromatic N) is 1. The van der Waals surface area contributed by atoms with Crippen molar-refractivity contribution in [1.29, 1.82) is 0 Å². The van der Waals surface area contributed by atoms with Crippen molar-refractivity contribution in [2.24, 2.45) is 0 Å². The molecule has 0 radical (unpaired) electrons. The highest BCUT2D eigenvalue weighted by Gasteiger charge is 2.23. The van der Waals surface area contributed by atoms with Crippen LogP contribution in [0.3, 0.4) is 0 Å². The number of nitrogens with one attached hydrogen (secondary N) is 1. The Bertz CT molecular complexity index is 839. The summed E-state index contributed by atoms with van der Waals surface area (Å²) in [5.41, 5.74) is 1.78. The van der Waals surface area contributed by atoms with Crippen molar-refractivity contribution in [3.63, 3.8) is 0 Å². The van der Waals surface area contributed by atoms with Gasteiger partial charge >= 0.3 is 0 Å². The number of hydrogen-bond donors (Lipinski definition) is 1. The Hall–Kier alpha value is -1.92. The fourth-order valence-corrected chi connectivity index (χ4v) is 4.94. The van der Waals surface area contributed by atoms with Crippen LogP contribution in [0.5, 0.6) is 0 Å². The highest BCUT2D eigenvalue weighted by atomic mass is 32.1. The molecular formula is C20H24N2O3S. The molecule has 0 spiro atoms. The largest absolute Gasteiger partial charge is 0.378 e. The van der Waals surface area contributed by atoms with Crippen LogP contribution in [0, 0.1) is 0 Å². The zero-order chi connectivity index (χ0) is 18.1. The van der Waals surface area contributed by atoms with Crippen LogP contribution in [0.4, 0.5) is 0 Å². The molecule has 2 aromatic rings. The number of thiophene rings is 1. The molecule has 4 rings (SSSR count). The predicted octanol–water partition coefficient (Wildman–Crippen LogP) is 3.22. The quantitative estimate of drug-likeness (QED) is 0.896. The number of benzene rings is 1. The summed E-state index contributed by atoms with van der Waals surface area (Å²) in [6.45, 7) is 2.21. The van der Waals surface area contributed by atoms with E-state index in [9.17, 15) is 9.59 Å². The number of rotatable bonds is 4. The molecule has 0 bridgehead atoms. The first-order valence-corrected chi connectivity index (χ1v) is 10.2. The smallest absolute Gasteiger partial charge is 0.261 e. The fraction of sp³-hybridized carbons (Fsp3) is 0.500. The Labute approximate surface area is 157 Å². The van der Waals surface area contributed by atoms with Gasteiger partial charge in [-0.05, 0) is 61.3 Å². The molecule has 1 saturated heterocycles. The SMILES string of the molecule is CN(CCC1CCCCO1)C(=O)c1ccc2sc3c(c2c1)CCNC3=O. The second-order valence-electron chi connectivity index (χ2n) is 7.13. The lowest BCUT2D eigenvalue weighted by Gasteiger charge is -2.25. The standard InChI is InChI=1S/C20H24N2O3S/c1-22(10-8-14-4-2-3-11-25-14)20(24)13-5-6-17-16(12-13)15-7-9-21-19(23)18(15)26-17/h5-6,12,14H,2-4,7-11H2,1H3,(H,21,23). The van der Waals surface area contributed by atoms with Crippen LogP contribution in [-0.4, -0.2) is 49.6 Å². The summed E-state index contributed by atoms with van der Waals surface area (Å²) in [6.07, 6.45) is 5.46. The van der Waals surface area contributed by atoms with Crippen molar-refractivity contribution in [1.82, 2.24) is 10.2 Å². The number of carbonyl (C=O) groups is 2. The molecular weight excluding hydrogens is 348 g/mol. The summed E-state index contributed by atoms with van der Waals surface area (Å²) in [4.78, 5) is 27.4. The zero-order valence-electron chi connectivity index (χ0n) is 15.0. The minimum Gasteiger partial charge on any atom is -0.378 e. The second-order valence-corrected chi connectivity index (χ2v) is 8.18. The molecule has 3 heterocycles. The first-order chi connectivity index (χ1) is 12.6. The van der Waals surface area contributed by atoms with Crippen LogP contribution in [0.2, 0.25) is 0 Å². The number of ether oxygens (including phenoxy) is 1. The van der Waals surface area contributed by atoms with Gasteiger partial charge in [-0.2, -0.15) is 0 Å². The van der Waals surface area contributed by atoms with Gasteiger partial charge < -0.3 is 15.0 Å². The lowest BCUT2D eigenvalue weighted by atomic mass is 10.0. The van der Waals surface area contributed by atoms with E-state index < -0.39 is 0 Å². The molecule has 0 aliphatic carbocycles. The van der Waals surface area contributed by atoms with E-state index in [1.54, 1.807) is 4.90 Å².